The summed E-state index contributed by atoms with van der Waals surface area (Å²) in [5.41, 5.74) is 1.21. The van der Waals surface area contributed by atoms with Gasteiger partial charge in [-0.2, -0.15) is 0 Å². The number of aromatic nitrogens is 1. The normalized spacial score (nSPS) is 11.7. The van der Waals surface area contributed by atoms with Crippen molar-refractivity contribution in [3.05, 3.63) is 90.4 Å². The molecule has 0 aliphatic carbocycles. The van der Waals surface area contributed by atoms with Gasteiger partial charge in [-0.15, -0.1) is 0 Å². The third-order valence-electron chi connectivity index (χ3n) is 5.15. The van der Waals surface area contributed by atoms with Crippen LogP contribution in [0.5, 0.6) is 0 Å². The maximum atomic E-state index is 14.2. The van der Waals surface area contributed by atoms with E-state index in [2.05, 4.69) is 4.98 Å². The average molecular weight is 373 g/mol. The standard InChI is InChI=1S/C24H14F3N/c25-22-7-3-6-17-18-10-11-28-23(20(18)9-8-19(17)22)15-12-14-4-1-2-5-16(14)21(13-15)24(26)27/h1-13,24H. The molecule has 1 nitrogen and oxygen atoms in total. The van der Waals surface area contributed by atoms with Gasteiger partial charge in [-0.25, -0.2) is 13.2 Å². The Bertz CT molecular complexity index is 1360. The van der Waals surface area contributed by atoms with Crippen LogP contribution in [0.2, 0.25) is 0 Å². The minimum Gasteiger partial charge on any atom is -0.256 e. The molecule has 0 radical (unpaired) electrons. The lowest BCUT2D eigenvalue weighted by atomic mass is 9.95. The molecule has 5 rings (SSSR count). The number of alkyl halides is 2. The van der Waals surface area contributed by atoms with E-state index in [1.807, 2.05) is 30.3 Å². The van der Waals surface area contributed by atoms with Gasteiger partial charge in [-0.3, -0.25) is 4.98 Å². The largest absolute Gasteiger partial charge is 0.264 e. The van der Waals surface area contributed by atoms with Crippen LogP contribution in [0, 0.1) is 5.82 Å². The van der Waals surface area contributed by atoms with Crippen molar-refractivity contribution in [2.75, 3.05) is 0 Å². The lowest BCUT2D eigenvalue weighted by Gasteiger charge is -2.12. The molecule has 0 bridgehead atoms. The number of rotatable bonds is 2. The third kappa shape index (κ3) is 2.53. The van der Waals surface area contributed by atoms with Crippen molar-refractivity contribution in [1.29, 1.82) is 0 Å². The van der Waals surface area contributed by atoms with E-state index in [1.54, 1.807) is 36.5 Å². The van der Waals surface area contributed by atoms with Gasteiger partial charge in [0.15, 0.2) is 0 Å². The van der Waals surface area contributed by atoms with Gasteiger partial charge in [0.1, 0.15) is 5.82 Å². The molecule has 0 aliphatic heterocycles. The number of fused-ring (bicyclic) bond motifs is 4. The monoisotopic (exact) mass is 373 g/mol. The summed E-state index contributed by atoms with van der Waals surface area (Å²) in [6, 6.07) is 20.8. The van der Waals surface area contributed by atoms with E-state index in [9.17, 15) is 13.2 Å². The molecule has 0 saturated carbocycles. The van der Waals surface area contributed by atoms with Crippen LogP contribution in [0.15, 0.2) is 79.0 Å². The Morgan fingerprint density at radius 1 is 0.679 bits per heavy atom. The van der Waals surface area contributed by atoms with Crippen LogP contribution in [0.25, 0.3) is 43.6 Å². The van der Waals surface area contributed by atoms with E-state index >= 15 is 0 Å². The summed E-state index contributed by atoms with van der Waals surface area (Å²) >= 11 is 0. The summed E-state index contributed by atoms with van der Waals surface area (Å²) in [5, 5.41) is 4.22. The maximum absolute atomic E-state index is 14.2. The number of benzene rings is 4. The molecule has 28 heavy (non-hydrogen) atoms. The van der Waals surface area contributed by atoms with E-state index in [0.29, 0.717) is 22.0 Å². The van der Waals surface area contributed by atoms with Crippen molar-refractivity contribution in [3.8, 4) is 11.3 Å². The molecule has 0 spiro atoms. The first kappa shape index (κ1) is 16.8. The van der Waals surface area contributed by atoms with Crippen LogP contribution in [-0.2, 0) is 0 Å². The zero-order valence-corrected chi connectivity index (χ0v) is 14.7. The second-order valence-corrected chi connectivity index (χ2v) is 6.74. The second kappa shape index (κ2) is 6.34. The molecule has 0 fully saturated rings. The number of pyridine rings is 1. The van der Waals surface area contributed by atoms with Crippen molar-refractivity contribution in [3.63, 3.8) is 0 Å². The molecule has 136 valence electrons. The lowest BCUT2D eigenvalue weighted by molar-refractivity contribution is 0.153. The fourth-order valence-corrected chi connectivity index (χ4v) is 3.87. The van der Waals surface area contributed by atoms with Crippen LogP contribution >= 0.6 is 0 Å². The van der Waals surface area contributed by atoms with Gasteiger partial charge < -0.3 is 0 Å². The molecule has 1 aromatic heterocycles. The molecule has 0 N–H and O–H groups in total. The molecule has 4 aromatic carbocycles. The van der Waals surface area contributed by atoms with Gasteiger partial charge in [0.05, 0.1) is 5.69 Å². The van der Waals surface area contributed by atoms with E-state index < -0.39 is 6.43 Å². The molecule has 4 heteroatoms. The molecule has 5 aromatic rings. The van der Waals surface area contributed by atoms with Gasteiger partial charge in [-0.1, -0.05) is 48.5 Å². The van der Waals surface area contributed by atoms with E-state index in [1.165, 1.54) is 12.1 Å². The first-order chi connectivity index (χ1) is 13.6. The Hall–Kier alpha value is -3.40. The van der Waals surface area contributed by atoms with Crippen LogP contribution < -0.4 is 0 Å². The Kier molecular flexibility index (Phi) is 3.79. The maximum Gasteiger partial charge on any atom is 0.264 e. The third-order valence-corrected chi connectivity index (χ3v) is 5.15. The highest BCUT2D eigenvalue weighted by molar-refractivity contribution is 6.11. The van der Waals surface area contributed by atoms with Crippen molar-refractivity contribution in [1.82, 2.24) is 4.98 Å². The van der Waals surface area contributed by atoms with Crippen LogP contribution in [0.1, 0.15) is 12.0 Å². The number of halogens is 3. The average Bonchev–Trinajstić information content (AvgIpc) is 2.72. The fourth-order valence-electron chi connectivity index (χ4n) is 3.87. The van der Waals surface area contributed by atoms with Crippen molar-refractivity contribution in [2.45, 2.75) is 6.43 Å². The predicted octanol–water partition coefficient (Wildman–Crippen LogP) is 7.28. The molecule has 0 atom stereocenters. The highest BCUT2D eigenvalue weighted by atomic mass is 19.3. The minimum absolute atomic E-state index is 0.0151. The fraction of sp³-hybridized carbons (Fsp3) is 0.0417. The Morgan fingerprint density at radius 3 is 2.29 bits per heavy atom. The first-order valence-corrected chi connectivity index (χ1v) is 8.90. The van der Waals surface area contributed by atoms with Crippen LogP contribution in [-0.4, -0.2) is 4.98 Å². The Labute approximate surface area is 159 Å². The van der Waals surface area contributed by atoms with Crippen LogP contribution in [0.3, 0.4) is 0 Å². The highest BCUT2D eigenvalue weighted by Gasteiger charge is 2.16. The lowest BCUT2D eigenvalue weighted by Crippen LogP contribution is -1.92. The highest BCUT2D eigenvalue weighted by Crippen LogP contribution is 2.36. The quantitative estimate of drug-likeness (QED) is 0.296. The SMILES string of the molecule is Fc1cccc2c1ccc1c(-c3cc(C(F)F)c4ccccc4c3)nccc12. The van der Waals surface area contributed by atoms with Crippen molar-refractivity contribution < 1.29 is 13.2 Å². The van der Waals surface area contributed by atoms with Gasteiger partial charge in [-0.05, 0) is 45.8 Å². The second-order valence-electron chi connectivity index (χ2n) is 6.74. The topological polar surface area (TPSA) is 12.9 Å². The molecular weight excluding hydrogens is 359 g/mol. The van der Waals surface area contributed by atoms with Crippen LogP contribution in [0.4, 0.5) is 13.2 Å². The summed E-state index contributed by atoms with van der Waals surface area (Å²) in [4.78, 5) is 4.47. The minimum atomic E-state index is -2.59. The number of nitrogens with zero attached hydrogens (tertiary/aromatic N) is 1. The predicted molar refractivity (Wildman–Crippen MR) is 107 cm³/mol. The van der Waals surface area contributed by atoms with Crippen molar-refractivity contribution >= 4 is 32.3 Å². The Morgan fingerprint density at radius 2 is 1.43 bits per heavy atom. The summed E-state index contributed by atoms with van der Waals surface area (Å²) < 4.78 is 41.5. The van der Waals surface area contributed by atoms with E-state index in [4.69, 9.17) is 0 Å². The number of hydrogen-bond donors (Lipinski definition) is 0. The summed E-state index contributed by atoms with van der Waals surface area (Å²) in [5.74, 6) is -0.288. The molecule has 1 heterocycles. The van der Waals surface area contributed by atoms with E-state index in [0.717, 1.165) is 21.5 Å². The molecule has 0 amide bonds. The molecular formula is C24H14F3N. The summed E-state index contributed by atoms with van der Waals surface area (Å²) in [6.07, 6.45) is -0.950. The van der Waals surface area contributed by atoms with E-state index in [-0.39, 0.29) is 11.4 Å². The Balaban J connectivity index is 1.85. The van der Waals surface area contributed by atoms with Gasteiger partial charge in [0, 0.05) is 28.1 Å². The first-order valence-electron chi connectivity index (χ1n) is 8.90. The zero-order valence-electron chi connectivity index (χ0n) is 14.7. The molecule has 0 saturated heterocycles. The molecule has 0 aliphatic rings. The zero-order chi connectivity index (χ0) is 19.3. The van der Waals surface area contributed by atoms with Crippen molar-refractivity contribution in [2.24, 2.45) is 0 Å². The molecule has 0 unspecified atom stereocenters. The summed E-state index contributed by atoms with van der Waals surface area (Å²) in [7, 11) is 0. The smallest absolute Gasteiger partial charge is 0.256 e. The van der Waals surface area contributed by atoms with Gasteiger partial charge in [0.25, 0.3) is 6.43 Å². The van der Waals surface area contributed by atoms with Gasteiger partial charge >= 0.3 is 0 Å². The number of hydrogen-bond acceptors (Lipinski definition) is 1. The van der Waals surface area contributed by atoms with Gasteiger partial charge in [0.2, 0.25) is 0 Å². The summed E-state index contributed by atoms with van der Waals surface area (Å²) in [6.45, 7) is 0.